The van der Waals surface area contributed by atoms with E-state index in [1.165, 1.54) is 0 Å². The van der Waals surface area contributed by atoms with Gasteiger partial charge in [0.2, 0.25) is 5.91 Å². The molecular weight excluding hydrogens is 207 g/mol. The average molecular weight is 228 g/mol. The number of alkyl halides is 1. The fourth-order valence-electron chi connectivity index (χ4n) is 2.67. The van der Waals surface area contributed by atoms with Crippen molar-refractivity contribution in [2.24, 2.45) is 5.92 Å². The molecule has 0 bridgehead atoms. The van der Waals surface area contributed by atoms with E-state index >= 15 is 0 Å². The molecule has 2 rings (SSSR count). The molecule has 16 heavy (non-hydrogen) atoms. The van der Waals surface area contributed by atoms with E-state index in [1.54, 1.807) is 0 Å². The summed E-state index contributed by atoms with van der Waals surface area (Å²) in [6.45, 7) is 2.08. The van der Waals surface area contributed by atoms with Gasteiger partial charge in [-0.1, -0.05) is 6.42 Å². The van der Waals surface area contributed by atoms with E-state index in [9.17, 15) is 9.18 Å². The van der Waals surface area contributed by atoms with Crippen molar-refractivity contribution >= 4 is 5.91 Å². The number of rotatable bonds is 2. The molecule has 0 aromatic carbocycles. The van der Waals surface area contributed by atoms with Crippen molar-refractivity contribution in [1.29, 1.82) is 0 Å². The van der Waals surface area contributed by atoms with Gasteiger partial charge in [0.25, 0.3) is 0 Å². The summed E-state index contributed by atoms with van der Waals surface area (Å²) < 4.78 is 12.6. The van der Waals surface area contributed by atoms with Crippen molar-refractivity contribution in [2.75, 3.05) is 26.3 Å². The lowest BCUT2D eigenvalue weighted by molar-refractivity contribution is -0.136. The number of nitrogens with one attached hydrogen (secondary N) is 1. The molecule has 0 aromatic rings. The molecule has 2 aliphatic heterocycles. The Labute approximate surface area is 96.4 Å². The summed E-state index contributed by atoms with van der Waals surface area (Å²) in [5.74, 6) is 0.263. The first kappa shape index (κ1) is 11.8. The van der Waals surface area contributed by atoms with E-state index < -0.39 is 0 Å². The molecule has 0 unspecified atom stereocenters. The Hall–Kier alpha value is -0.640. The van der Waals surface area contributed by atoms with E-state index in [4.69, 9.17) is 0 Å². The minimum Gasteiger partial charge on any atom is -0.341 e. The predicted molar refractivity (Wildman–Crippen MR) is 60.9 cm³/mol. The zero-order chi connectivity index (χ0) is 11.4. The molecule has 4 heteroatoms. The number of carbonyl (C=O) groups excluding carboxylic acids is 1. The van der Waals surface area contributed by atoms with Gasteiger partial charge in [-0.05, 0) is 32.2 Å². The van der Waals surface area contributed by atoms with Crippen molar-refractivity contribution in [1.82, 2.24) is 10.2 Å². The van der Waals surface area contributed by atoms with Crippen LogP contribution in [-0.4, -0.2) is 43.2 Å². The minimum atomic E-state index is -0.290. The first-order valence-electron chi connectivity index (χ1n) is 6.39. The van der Waals surface area contributed by atoms with Gasteiger partial charge in [0.05, 0.1) is 12.7 Å². The van der Waals surface area contributed by atoms with Crippen molar-refractivity contribution < 1.29 is 9.18 Å². The summed E-state index contributed by atoms with van der Waals surface area (Å²) in [5.41, 5.74) is 0. The van der Waals surface area contributed by atoms with Crippen molar-refractivity contribution in [2.45, 2.75) is 38.1 Å². The van der Waals surface area contributed by atoms with Crippen LogP contribution < -0.4 is 5.32 Å². The van der Waals surface area contributed by atoms with Gasteiger partial charge in [-0.25, -0.2) is 0 Å². The summed E-state index contributed by atoms with van der Waals surface area (Å²) in [6, 6.07) is -0.00730. The van der Waals surface area contributed by atoms with Crippen molar-refractivity contribution in [3.63, 3.8) is 0 Å². The molecule has 1 N–H and O–H groups in total. The number of hydrogen-bond donors (Lipinski definition) is 1. The molecule has 0 radical (unpaired) electrons. The molecule has 0 saturated carbocycles. The van der Waals surface area contributed by atoms with Crippen LogP contribution in [0.15, 0.2) is 0 Å². The van der Waals surface area contributed by atoms with Crippen LogP contribution in [0.3, 0.4) is 0 Å². The highest BCUT2D eigenvalue weighted by Crippen LogP contribution is 2.19. The Kier molecular flexibility index (Phi) is 4.16. The number of carbonyl (C=O) groups is 1. The van der Waals surface area contributed by atoms with Crippen LogP contribution in [0.2, 0.25) is 0 Å². The molecular formula is C12H21FN2O. The van der Waals surface area contributed by atoms with Crippen LogP contribution in [0.25, 0.3) is 0 Å². The molecule has 2 atom stereocenters. The SMILES string of the molecule is O=C([C@@H]1CCCCN1)N1CCC[C@H](CF)C1. The second-order valence-corrected chi connectivity index (χ2v) is 4.95. The van der Waals surface area contributed by atoms with E-state index in [2.05, 4.69) is 5.32 Å². The lowest BCUT2D eigenvalue weighted by Gasteiger charge is -2.35. The largest absolute Gasteiger partial charge is 0.341 e. The van der Waals surface area contributed by atoms with Gasteiger partial charge in [0.1, 0.15) is 0 Å². The lowest BCUT2D eigenvalue weighted by atomic mass is 9.97. The third-order valence-electron chi connectivity index (χ3n) is 3.66. The Morgan fingerprint density at radius 2 is 2.19 bits per heavy atom. The number of amides is 1. The summed E-state index contributed by atoms with van der Waals surface area (Å²) in [4.78, 5) is 14.0. The minimum absolute atomic E-state index is 0.00730. The molecule has 1 amide bonds. The van der Waals surface area contributed by atoms with Gasteiger partial charge < -0.3 is 10.2 Å². The standard InChI is InChI=1S/C12H21FN2O/c13-8-10-4-3-7-15(9-10)12(16)11-5-1-2-6-14-11/h10-11,14H,1-9H2/t10-,11+/m1/s1. The van der Waals surface area contributed by atoms with Crippen LogP contribution in [0.4, 0.5) is 4.39 Å². The van der Waals surface area contributed by atoms with Gasteiger partial charge in [-0.15, -0.1) is 0 Å². The van der Waals surface area contributed by atoms with Crippen LogP contribution in [0, 0.1) is 5.92 Å². The maximum absolute atomic E-state index is 12.6. The normalized spacial score (nSPS) is 31.4. The van der Waals surface area contributed by atoms with Crippen LogP contribution in [-0.2, 0) is 4.79 Å². The zero-order valence-corrected chi connectivity index (χ0v) is 9.75. The van der Waals surface area contributed by atoms with Gasteiger partial charge in [0.15, 0.2) is 0 Å². The van der Waals surface area contributed by atoms with Crippen molar-refractivity contribution in [3.05, 3.63) is 0 Å². The van der Waals surface area contributed by atoms with Crippen LogP contribution in [0.5, 0.6) is 0 Å². The quantitative estimate of drug-likeness (QED) is 0.773. The Balaban J connectivity index is 1.87. The number of nitrogens with zero attached hydrogens (tertiary/aromatic N) is 1. The highest BCUT2D eigenvalue weighted by molar-refractivity contribution is 5.82. The molecule has 3 nitrogen and oxygen atoms in total. The lowest BCUT2D eigenvalue weighted by Crippen LogP contribution is -2.51. The van der Waals surface area contributed by atoms with Crippen LogP contribution >= 0.6 is 0 Å². The number of piperidine rings is 2. The summed E-state index contributed by atoms with van der Waals surface area (Å²) in [6.07, 6.45) is 5.11. The zero-order valence-electron chi connectivity index (χ0n) is 9.75. The third-order valence-corrected chi connectivity index (χ3v) is 3.66. The van der Waals surface area contributed by atoms with E-state index in [0.717, 1.165) is 45.2 Å². The maximum Gasteiger partial charge on any atom is 0.239 e. The molecule has 2 heterocycles. The number of likely N-dealkylation sites (tertiary alicyclic amines) is 1. The van der Waals surface area contributed by atoms with E-state index in [0.29, 0.717) is 6.54 Å². The second kappa shape index (κ2) is 5.62. The number of halogens is 1. The monoisotopic (exact) mass is 228 g/mol. The maximum atomic E-state index is 12.6. The van der Waals surface area contributed by atoms with Gasteiger partial charge in [0, 0.05) is 19.0 Å². The molecule has 0 aromatic heterocycles. The summed E-state index contributed by atoms with van der Waals surface area (Å²) in [7, 11) is 0. The molecule has 2 fully saturated rings. The topological polar surface area (TPSA) is 32.3 Å². The molecule has 2 saturated heterocycles. The Bertz CT molecular complexity index is 241. The van der Waals surface area contributed by atoms with Gasteiger partial charge >= 0.3 is 0 Å². The first-order chi connectivity index (χ1) is 7.81. The second-order valence-electron chi connectivity index (χ2n) is 4.95. The first-order valence-corrected chi connectivity index (χ1v) is 6.39. The Morgan fingerprint density at radius 3 is 2.88 bits per heavy atom. The molecule has 2 aliphatic rings. The van der Waals surface area contributed by atoms with Gasteiger partial charge in [-0.2, -0.15) is 0 Å². The number of hydrogen-bond acceptors (Lipinski definition) is 2. The molecule has 0 aliphatic carbocycles. The summed E-state index contributed by atoms with van der Waals surface area (Å²) in [5, 5.41) is 3.26. The van der Waals surface area contributed by atoms with Gasteiger partial charge in [-0.3, -0.25) is 9.18 Å². The highest BCUT2D eigenvalue weighted by atomic mass is 19.1. The fraction of sp³-hybridized carbons (Fsp3) is 0.917. The molecule has 92 valence electrons. The average Bonchev–Trinajstić information content (AvgIpc) is 2.39. The smallest absolute Gasteiger partial charge is 0.239 e. The highest BCUT2D eigenvalue weighted by Gasteiger charge is 2.29. The fourth-order valence-corrected chi connectivity index (χ4v) is 2.67. The van der Waals surface area contributed by atoms with Crippen molar-refractivity contribution in [3.8, 4) is 0 Å². The predicted octanol–water partition coefficient (Wildman–Crippen LogP) is 1.34. The molecule has 0 spiro atoms. The summed E-state index contributed by atoms with van der Waals surface area (Å²) >= 11 is 0. The Morgan fingerprint density at radius 1 is 1.31 bits per heavy atom. The van der Waals surface area contributed by atoms with E-state index in [1.807, 2.05) is 4.90 Å². The van der Waals surface area contributed by atoms with E-state index in [-0.39, 0.29) is 24.5 Å². The van der Waals surface area contributed by atoms with Crippen LogP contribution in [0.1, 0.15) is 32.1 Å². The third kappa shape index (κ3) is 2.73.